The minimum absolute atomic E-state index is 0.226. The van der Waals surface area contributed by atoms with Crippen LogP contribution in [0.3, 0.4) is 0 Å². The van der Waals surface area contributed by atoms with E-state index in [1.807, 2.05) is 30.3 Å². The first-order valence-corrected chi connectivity index (χ1v) is 5.99. The highest BCUT2D eigenvalue weighted by Crippen LogP contribution is 2.04. The van der Waals surface area contributed by atoms with Crippen LogP contribution < -0.4 is 11.3 Å². The van der Waals surface area contributed by atoms with Crippen LogP contribution in [0.2, 0.25) is 0 Å². The molecule has 0 spiro atoms. The van der Waals surface area contributed by atoms with Gasteiger partial charge in [0, 0.05) is 0 Å². The summed E-state index contributed by atoms with van der Waals surface area (Å²) < 4.78 is 33.2. The van der Waals surface area contributed by atoms with Gasteiger partial charge in [0.2, 0.25) is 0 Å². The number of nitrogens with zero attached hydrogens (tertiary/aromatic N) is 1. The lowest BCUT2D eigenvalue weighted by Crippen LogP contribution is -2.06. The van der Waals surface area contributed by atoms with E-state index in [1.165, 1.54) is 0 Å². The van der Waals surface area contributed by atoms with E-state index in [2.05, 4.69) is 5.10 Å². The van der Waals surface area contributed by atoms with E-state index in [4.69, 9.17) is 23.3 Å². The van der Waals surface area contributed by atoms with Crippen molar-refractivity contribution in [3.63, 3.8) is 0 Å². The zero-order valence-corrected chi connectivity index (χ0v) is 9.83. The van der Waals surface area contributed by atoms with E-state index < -0.39 is 10.4 Å². The zero-order chi connectivity index (χ0) is 13.8. The van der Waals surface area contributed by atoms with Gasteiger partial charge in [0.25, 0.3) is 5.56 Å². The number of nitrogens with two attached hydrogens (primary N) is 1. The van der Waals surface area contributed by atoms with Gasteiger partial charge in [0.05, 0.1) is 11.9 Å². The second kappa shape index (κ2) is 5.49. The molecule has 0 saturated carbocycles. The van der Waals surface area contributed by atoms with Crippen molar-refractivity contribution in [2.75, 3.05) is 5.73 Å². The highest BCUT2D eigenvalue weighted by Gasteiger charge is 1.99. The smallest absolute Gasteiger partial charge is 0.393 e. The lowest BCUT2D eigenvalue weighted by Gasteiger charge is -1.99. The number of para-hydroxylation sites is 1. The van der Waals surface area contributed by atoms with Gasteiger partial charge in [-0.05, 0) is 12.1 Å². The van der Waals surface area contributed by atoms with Crippen molar-refractivity contribution in [3.05, 3.63) is 46.9 Å². The van der Waals surface area contributed by atoms with Gasteiger partial charge in [-0.15, -0.1) is 0 Å². The fourth-order valence-corrected chi connectivity index (χ4v) is 1.13. The number of nitrogen functional groups attached to an aromatic ring is 1. The molecular formula is C9H11N3O5S. The number of benzene rings is 1. The summed E-state index contributed by atoms with van der Waals surface area (Å²) in [6.45, 7) is 0. The third kappa shape index (κ3) is 4.82. The molecule has 5 N–H and O–H groups in total. The van der Waals surface area contributed by atoms with Crippen LogP contribution in [-0.2, 0) is 10.4 Å². The fourth-order valence-electron chi connectivity index (χ4n) is 1.13. The SMILES string of the molecule is Nc1cn(-c2ccccc2)[nH]c1=O.O=S(=O)(O)O. The van der Waals surface area contributed by atoms with Gasteiger partial charge in [-0.1, -0.05) is 18.2 Å². The van der Waals surface area contributed by atoms with Crippen LogP contribution in [0, 0.1) is 0 Å². The Morgan fingerprint density at radius 2 is 1.67 bits per heavy atom. The molecule has 8 nitrogen and oxygen atoms in total. The number of hydrogen-bond acceptors (Lipinski definition) is 4. The second-order valence-corrected chi connectivity index (χ2v) is 4.07. The Hall–Kier alpha value is -2.10. The van der Waals surface area contributed by atoms with Crippen molar-refractivity contribution >= 4 is 16.1 Å². The third-order valence-electron chi connectivity index (χ3n) is 1.79. The molecule has 0 radical (unpaired) electrons. The summed E-state index contributed by atoms with van der Waals surface area (Å²) in [6.07, 6.45) is 1.57. The molecule has 0 aliphatic carbocycles. The Balaban J connectivity index is 0.000000280. The molecule has 0 aliphatic rings. The fraction of sp³-hybridized carbons (Fsp3) is 0. The first-order valence-electron chi connectivity index (χ1n) is 4.60. The van der Waals surface area contributed by atoms with Gasteiger partial charge in [-0.2, -0.15) is 8.42 Å². The minimum atomic E-state index is -4.67. The Labute approximate surface area is 102 Å². The highest BCUT2D eigenvalue weighted by atomic mass is 32.3. The van der Waals surface area contributed by atoms with Crippen LogP contribution in [0.1, 0.15) is 0 Å². The van der Waals surface area contributed by atoms with Crippen LogP contribution in [-0.4, -0.2) is 27.3 Å². The molecule has 0 bridgehead atoms. The maximum absolute atomic E-state index is 11.0. The monoisotopic (exact) mass is 273 g/mol. The van der Waals surface area contributed by atoms with E-state index in [1.54, 1.807) is 10.9 Å². The van der Waals surface area contributed by atoms with E-state index in [-0.39, 0.29) is 11.2 Å². The average molecular weight is 273 g/mol. The Bertz CT molecular complexity index is 651. The van der Waals surface area contributed by atoms with Crippen molar-refractivity contribution in [1.82, 2.24) is 9.78 Å². The van der Waals surface area contributed by atoms with Gasteiger partial charge in [-0.25, -0.2) is 0 Å². The summed E-state index contributed by atoms with van der Waals surface area (Å²) in [4.78, 5) is 11.0. The molecule has 0 fully saturated rings. The first kappa shape index (κ1) is 14.0. The summed E-state index contributed by atoms with van der Waals surface area (Å²) in [6, 6.07) is 9.47. The van der Waals surface area contributed by atoms with Crippen LogP contribution in [0.5, 0.6) is 0 Å². The summed E-state index contributed by atoms with van der Waals surface area (Å²) in [7, 11) is -4.67. The maximum Gasteiger partial charge on any atom is 0.394 e. The largest absolute Gasteiger partial charge is 0.394 e. The van der Waals surface area contributed by atoms with E-state index >= 15 is 0 Å². The van der Waals surface area contributed by atoms with Crippen LogP contribution >= 0.6 is 0 Å². The summed E-state index contributed by atoms with van der Waals surface area (Å²) in [5.74, 6) is 0. The lowest BCUT2D eigenvalue weighted by molar-refractivity contribution is 0.381. The number of hydrogen-bond donors (Lipinski definition) is 4. The van der Waals surface area contributed by atoms with Crippen molar-refractivity contribution in [1.29, 1.82) is 0 Å². The number of anilines is 1. The molecule has 2 rings (SSSR count). The molecule has 1 aromatic heterocycles. The van der Waals surface area contributed by atoms with Crippen LogP contribution in [0.25, 0.3) is 5.69 Å². The molecule has 1 heterocycles. The minimum Gasteiger partial charge on any atom is -0.393 e. The highest BCUT2D eigenvalue weighted by molar-refractivity contribution is 7.79. The molecule has 0 unspecified atom stereocenters. The molecule has 18 heavy (non-hydrogen) atoms. The number of aromatic amines is 1. The van der Waals surface area contributed by atoms with E-state index in [9.17, 15) is 4.79 Å². The van der Waals surface area contributed by atoms with Crippen LogP contribution in [0.15, 0.2) is 41.3 Å². The van der Waals surface area contributed by atoms with Crippen molar-refractivity contribution in [2.24, 2.45) is 0 Å². The lowest BCUT2D eigenvalue weighted by atomic mass is 10.3. The van der Waals surface area contributed by atoms with E-state index in [0.29, 0.717) is 0 Å². The predicted molar refractivity (Wildman–Crippen MR) is 65.0 cm³/mol. The Morgan fingerprint density at radius 3 is 2.06 bits per heavy atom. The Morgan fingerprint density at radius 1 is 1.17 bits per heavy atom. The summed E-state index contributed by atoms with van der Waals surface area (Å²) in [5, 5.41) is 2.60. The number of nitrogens with one attached hydrogen (secondary N) is 1. The van der Waals surface area contributed by atoms with Gasteiger partial charge in [-0.3, -0.25) is 23.7 Å². The number of rotatable bonds is 1. The van der Waals surface area contributed by atoms with Crippen molar-refractivity contribution < 1.29 is 17.5 Å². The zero-order valence-electron chi connectivity index (χ0n) is 9.02. The first-order chi connectivity index (χ1) is 8.27. The quantitative estimate of drug-likeness (QED) is 0.543. The maximum atomic E-state index is 11.0. The number of aromatic nitrogens is 2. The topological polar surface area (TPSA) is 138 Å². The van der Waals surface area contributed by atoms with Gasteiger partial charge >= 0.3 is 10.4 Å². The molecule has 0 amide bonds. The summed E-state index contributed by atoms with van der Waals surface area (Å²) in [5.41, 5.74) is 6.26. The molecule has 0 saturated heterocycles. The standard InChI is InChI=1S/C9H9N3O.H2O4S/c10-8-6-12(11-9(8)13)7-4-2-1-3-5-7;1-5(2,3)4/h1-6H,10H2,(H,11,13);(H2,1,2,3,4). The van der Waals surface area contributed by atoms with Gasteiger partial charge in [0.15, 0.2) is 0 Å². The van der Waals surface area contributed by atoms with Gasteiger partial charge in [0.1, 0.15) is 5.69 Å². The molecule has 1 aromatic carbocycles. The molecule has 2 aromatic rings. The van der Waals surface area contributed by atoms with Crippen molar-refractivity contribution in [2.45, 2.75) is 0 Å². The normalized spacial score (nSPS) is 10.6. The second-order valence-electron chi connectivity index (χ2n) is 3.18. The molecule has 9 heteroatoms. The molecular weight excluding hydrogens is 262 g/mol. The Kier molecular flexibility index (Phi) is 4.26. The predicted octanol–water partition coefficient (Wildman–Crippen LogP) is 0.0950. The average Bonchev–Trinajstić information content (AvgIpc) is 2.58. The molecule has 0 atom stereocenters. The summed E-state index contributed by atoms with van der Waals surface area (Å²) >= 11 is 0. The van der Waals surface area contributed by atoms with E-state index in [0.717, 1.165) is 5.69 Å². The molecule has 0 aliphatic heterocycles. The van der Waals surface area contributed by atoms with Gasteiger partial charge < -0.3 is 5.73 Å². The third-order valence-corrected chi connectivity index (χ3v) is 1.79. The molecule has 98 valence electrons. The van der Waals surface area contributed by atoms with Crippen molar-refractivity contribution in [3.8, 4) is 5.69 Å². The number of H-pyrrole nitrogens is 1. The van der Waals surface area contributed by atoms with Crippen LogP contribution in [0.4, 0.5) is 5.69 Å².